The normalized spacial score (nSPS) is 11.2. The van der Waals surface area contributed by atoms with E-state index in [2.05, 4.69) is 29.1 Å². The van der Waals surface area contributed by atoms with E-state index in [0.29, 0.717) is 6.54 Å². The summed E-state index contributed by atoms with van der Waals surface area (Å²) >= 11 is 3.28. The lowest BCUT2D eigenvalue weighted by Crippen LogP contribution is -1.99. The molecule has 56 valence electrons. The number of hydrogen-bond acceptors (Lipinski definition) is 1. The summed E-state index contributed by atoms with van der Waals surface area (Å²) < 4.78 is 0.887. The first-order valence-corrected chi connectivity index (χ1v) is 3.88. The van der Waals surface area contributed by atoms with Gasteiger partial charge in [0.1, 0.15) is 0 Å². The second-order valence-electron chi connectivity index (χ2n) is 1.87. The Bertz CT molecular complexity index is 159. The molecule has 0 aromatic carbocycles. The van der Waals surface area contributed by atoms with Gasteiger partial charge in [-0.1, -0.05) is 41.2 Å². The predicted octanol–water partition coefficient (Wildman–Crippen LogP) is 2.36. The van der Waals surface area contributed by atoms with Crippen molar-refractivity contribution in [1.82, 2.24) is 0 Å². The Morgan fingerprint density at radius 2 is 2.20 bits per heavy atom. The molecule has 0 fully saturated rings. The lowest BCUT2D eigenvalue weighted by atomic mass is 10.2. The molecule has 0 saturated heterocycles. The molecule has 2 heteroatoms. The Morgan fingerprint density at radius 1 is 1.60 bits per heavy atom. The molecule has 0 aromatic rings. The molecule has 0 aliphatic rings. The summed E-state index contributed by atoms with van der Waals surface area (Å²) in [4.78, 5) is 0. The molecular formula is C8H12BrN. The van der Waals surface area contributed by atoms with Crippen molar-refractivity contribution < 1.29 is 0 Å². The topological polar surface area (TPSA) is 26.0 Å². The molecule has 0 aliphatic heterocycles. The molecule has 0 atom stereocenters. The lowest BCUT2D eigenvalue weighted by molar-refractivity contribution is 0.972. The standard InChI is InChI=1S/C8H12BrN/c1-3-4-8(5-6-10)7(2)9/h3-4H,1-2,5-6,10H2/b8-4-. The van der Waals surface area contributed by atoms with Crippen molar-refractivity contribution in [2.24, 2.45) is 5.73 Å². The van der Waals surface area contributed by atoms with Crippen molar-refractivity contribution in [3.8, 4) is 0 Å². The van der Waals surface area contributed by atoms with Crippen molar-refractivity contribution >= 4 is 15.9 Å². The van der Waals surface area contributed by atoms with Gasteiger partial charge in [-0.3, -0.25) is 0 Å². The highest BCUT2D eigenvalue weighted by Crippen LogP contribution is 2.17. The van der Waals surface area contributed by atoms with Crippen molar-refractivity contribution in [3.63, 3.8) is 0 Å². The molecule has 0 amide bonds. The fourth-order valence-electron chi connectivity index (χ4n) is 0.607. The highest BCUT2D eigenvalue weighted by atomic mass is 79.9. The third-order valence-electron chi connectivity index (χ3n) is 1.08. The average molecular weight is 202 g/mol. The summed E-state index contributed by atoms with van der Waals surface area (Å²) in [5.41, 5.74) is 6.47. The maximum atomic E-state index is 5.36. The largest absolute Gasteiger partial charge is 0.330 e. The molecule has 10 heavy (non-hydrogen) atoms. The third kappa shape index (κ3) is 3.64. The fourth-order valence-corrected chi connectivity index (χ4v) is 0.938. The smallest absolute Gasteiger partial charge is 0.0135 e. The number of nitrogens with two attached hydrogens (primary N) is 1. The zero-order valence-corrected chi connectivity index (χ0v) is 7.52. The summed E-state index contributed by atoms with van der Waals surface area (Å²) in [6, 6.07) is 0. The predicted molar refractivity (Wildman–Crippen MR) is 50.0 cm³/mol. The van der Waals surface area contributed by atoms with E-state index in [1.54, 1.807) is 6.08 Å². The minimum Gasteiger partial charge on any atom is -0.330 e. The molecule has 0 aromatic heterocycles. The molecule has 0 heterocycles. The van der Waals surface area contributed by atoms with Crippen LogP contribution in [0.25, 0.3) is 0 Å². The molecule has 0 unspecified atom stereocenters. The van der Waals surface area contributed by atoms with Crippen molar-refractivity contribution in [2.45, 2.75) is 6.42 Å². The molecule has 0 radical (unpaired) electrons. The molecule has 0 aliphatic carbocycles. The minimum absolute atomic E-state index is 0.643. The zero-order chi connectivity index (χ0) is 7.98. The number of rotatable bonds is 4. The van der Waals surface area contributed by atoms with E-state index >= 15 is 0 Å². The van der Waals surface area contributed by atoms with E-state index < -0.39 is 0 Å². The summed E-state index contributed by atoms with van der Waals surface area (Å²) in [5.74, 6) is 0. The summed E-state index contributed by atoms with van der Waals surface area (Å²) in [5, 5.41) is 0. The van der Waals surface area contributed by atoms with Gasteiger partial charge in [-0.05, 0) is 18.5 Å². The van der Waals surface area contributed by atoms with Gasteiger partial charge in [-0.2, -0.15) is 0 Å². The second kappa shape index (κ2) is 5.45. The average Bonchev–Trinajstić information content (AvgIpc) is 1.87. The van der Waals surface area contributed by atoms with Gasteiger partial charge in [0.05, 0.1) is 0 Å². The van der Waals surface area contributed by atoms with E-state index in [-0.39, 0.29) is 0 Å². The Labute approximate surface area is 70.4 Å². The van der Waals surface area contributed by atoms with Gasteiger partial charge in [0.2, 0.25) is 0 Å². The zero-order valence-electron chi connectivity index (χ0n) is 5.94. The summed E-state index contributed by atoms with van der Waals surface area (Å²) in [7, 11) is 0. The molecule has 0 spiro atoms. The van der Waals surface area contributed by atoms with Crippen LogP contribution < -0.4 is 5.73 Å². The van der Waals surface area contributed by atoms with E-state index in [1.807, 2.05) is 6.08 Å². The van der Waals surface area contributed by atoms with Gasteiger partial charge in [-0.15, -0.1) is 0 Å². The first kappa shape index (κ1) is 9.66. The summed E-state index contributed by atoms with van der Waals surface area (Å²) in [6.07, 6.45) is 4.48. The first-order chi connectivity index (χ1) is 4.72. The Kier molecular flexibility index (Phi) is 5.26. The second-order valence-corrected chi connectivity index (χ2v) is 2.83. The molecule has 0 saturated carbocycles. The Morgan fingerprint density at radius 3 is 2.50 bits per heavy atom. The van der Waals surface area contributed by atoms with E-state index in [9.17, 15) is 0 Å². The van der Waals surface area contributed by atoms with Gasteiger partial charge in [0.25, 0.3) is 0 Å². The van der Waals surface area contributed by atoms with Gasteiger partial charge in [-0.25, -0.2) is 0 Å². The molecule has 0 rings (SSSR count). The van der Waals surface area contributed by atoms with Crippen molar-refractivity contribution in [2.75, 3.05) is 6.54 Å². The van der Waals surface area contributed by atoms with Gasteiger partial charge in [0, 0.05) is 4.48 Å². The highest BCUT2D eigenvalue weighted by molar-refractivity contribution is 9.11. The van der Waals surface area contributed by atoms with Crippen LogP contribution in [0.2, 0.25) is 0 Å². The van der Waals surface area contributed by atoms with Crippen LogP contribution in [-0.4, -0.2) is 6.54 Å². The lowest BCUT2D eigenvalue weighted by Gasteiger charge is -2.00. The van der Waals surface area contributed by atoms with Crippen LogP contribution in [0.5, 0.6) is 0 Å². The number of hydrogen-bond donors (Lipinski definition) is 1. The molecule has 1 nitrogen and oxygen atoms in total. The number of allylic oxidation sites excluding steroid dienone is 3. The maximum absolute atomic E-state index is 5.36. The Balaban J connectivity index is 4.11. The maximum Gasteiger partial charge on any atom is 0.0135 e. The molecular weight excluding hydrogens is 190 g/mol. The van der Waals surface area contributed by atoms with E-state index in [1.165, 1.54) is 0 Å². The van der Waals surface area contributed by atoms with E-state index in [4.69, 9.17) is 5.73 Å². The quantitative estimate of drug-likeness (QED) is 0.695. The van der Waals surface area contributed by atoms with Crippen molar-refractivity contribution in [1.29, 1.82) is 0 Å². The van der Waals surface area contributed by atoms with Crippen LogP contribution in [0.3, 0.4) is 0 Å². The van der Waals surface area contributed by atoms with Crippen LogP contribution in [-0.2, 0) is 0 Å². The molecule has 2 N–H and O–H groups in total. The van der Waals surface area contributed by atoms with Gasteiger partial charge >= 0.3 is 0 Å². The van der Waals surface area contributed by atoms with Crippen LogP contribution in [0.4, 0.5) is 0 Å². The van der Waals surface area contributed by atoms with Gasteiger partial charge < -0.3 is 5.73 Å². The highest BCUT2D eigenvalue weighted by Gasteiger charge is 1.94. The fraction of sp³-hybridized carbons (Fsp3) is 0.250. The Hall–Kier alpha value is -0.340. The van der Waals surface area contributed by atoms with Crippen molar-refractivity contribution in [3.05, 3.63) is 35.4 Å². The monoisotopic (exact) mass is 201 g/mol. The summed E-state index contributed by atoms with van der Waals surface area (Å²) in [6.45, 7) is 7.97. The van der Waals surface area contributed by atoms with E-state index in [0.717, 1.165) is 16.5 Å². The van der Waals surface area contributed by atoms with Crippen LogP contribution in [0.1, 0.15) is 6.42 Å². The minimum atomic E-state index is 0.643. The van der Waals surface area contributed by atoms with Gasteiger partial charge in [0.15, 0.2) is 0 Å². The molecule has 0 bridgehead atoms. The SMILES string of the molecule is C=C/C=C(/CCN)C(=C)Br. The third-order valence-corrected chi connectivity index (χ3v) is 1.59. The van der Waals surface area contributed by atoms with Crippen LogP contribution in [0.15, 0.2) is 35.4 Å². The number of halogens is 1. The first-order valence-electron chi connectivity index (χ1n) is 3.08. The van der Waals surface area contributed by atoms with Crippen LogP contribution >= 0.6 is 15.9 Å². The van der Waals surface area contributed by atoms with Crippen LogP contribution in [0, 0.1) is 0 Å².